The Kier molecular flexibility index (Phi) is 6.37. The molecule has 0 spiro atoms. The summed E-state index contributed by atoms with van der Waals surface area (Å²) in [5.74, 6) is -1.39. The molecule has 6 heteroatoms. The average Bonchev–Trinajstić information content (AvgIpc) is 2.56. The van der Waals surface area contributed by atoms with Crippen molar-refractivity contribution in [2.45, 2.75) is 18.9 Å². The van der Waals surface area contributed by atoms with Gasteiger partial charge >= 0.3 is 0 Å². The van der Waals surface area contributed by atoms with Crippen LogP contribution in [0.25, 0.3) is 0 Å². The van der Waals surface area contributed by atoms with Crippen molar-refractivity contribution < 1.29 is 13.6 Å². The molecule has 0 aliphatic carbocycles. The van der Waals surface area contributed by atoms with Crippen molar-refractivity contribution in [3.05, 3.63) is 65.5 Å². The van der Waals surface area contributed by atoms with Gasteiger partial charge < -0.3 is 10.2 Å². The summed E-state index contributed by atoms with van der Waals surface area (Å²) in [5.41, 5.74) is 0.937. The van der Waals surface area contributed by atoms with Crippen LogP contribution in [0.5, 0.6) is 0 Å². The molecule has 1 N–H and O–H groups in total. The number of hydrogen-bond acceptors (Lipinski definition) is 3. The normalized spacial score (nSPS) is 12.2. The maximum Gasteiger partial charge on any atom is 0.220 e. The van der Waals surface area contributed by atoms with E-state index in [1.807, 2.05) is 12.1 Å². The lowest BCUT2D eigenvalue weighted by Crippen LogP contribution is -2.35. The Morgan fingerprint density at radius 1 is 1.21 bits per heavy atom. The molecule has 4 nitrogen and oxygen atoms in total. The first kappa shape index (κ1) is 18.0. The Bertz CT molecular complexity index is 657. The summed E-state index contributed by atoms with van der Waals surface area (Å²) in [6.07, 6.45) is 4.25. The quantitative estimate of drug-likeness (QED) is 0.847. The summed E-state index contributed by atoms with van der Waals surface area (Å²) in [6, 6.07) is 6.91. The minimum absolute atomic E-state index is 0.0324. The van der Waals surface area contributed by atoms with E-state index in [2.05, 4.69) is 10.3 Å². The van der Waals surface area contributed by atoms with Gasteiger partial charge in [0, 0.05) is 30.9 Å². The first-order valence-electron chi connectivity index (χ1n) is 7.75. The van der Waals surface area contributed by atoms with Gasteiger partial charge in [0.25, 0.3) is 0 Å². The highest BCUT2D eigenvalue weighted by Crippen LogP contribution is 2.23. The molecule has 0 fully saturated rings. The fraction of sp³-hybridized carbons (Fsp3) is 0.333. The zero-order valence-electron chi connectivity index (χ0n) is 13.8. The Morgan fingerprint density at radius 2 is 1.92 bits per heavy atom. The Balaban J connectivity index is 1.95. The lowest BCUT2D eigenvalue weighted by Gasteiger charge is -2.25. The van der Waals surface area contributed by atoms with Gasteiger partial charge in [-0.15, -0.1) is 0 Å². The second-order valence-corrected chi connectivity index (χ2v) is 5.78. The van der Waals surface area contributed by atoms with Gasteiger partial charge in [-0.2, -0.15) is 0 Å². The molecular weight excluding hydrogens is 312 g/mol. The molecule has 0 radical (unpaired) electrons. The second kappa shape index (κ2) is 8.49. The summed E-state index contributed by atoms with van der Waals surface area (Å²) in [4.78, 5) is 17.7. The average molecular weight is 333 g/mol. The Morgan fingerprint density at radius 3 is 2.50 bits per heavy atom. The molecule has 1 atom stereocenters. The van der Waals surface area contributed by atoms with E-state index in [0.29, 0.717) is 12.8 Å². The second-order valence-electron chi connectivity index (χ2n) is 5.78. The standard InChI is InChI=1S/C18H21F2N3O/c1-23(2)16(18-14(19)6-3-7-15(18)20)12-22-17(24)9-8-13-5-4-10-21-11-13/h3-7,10-11,16H,8-9,12H2,1-2H3,(H,22,24). The van der Waals surface area contributed by atoms with Crippen LogP contribution in [-0.4, -0.2) is 36.4 Å². The minimum Gasteiger partial charge on any atom is -0.354 e. The zero-order valence-corrected chi connectivity index (χ0v) is 13.8. The number of likely N-dealkylation sites (N-methyl/N-ethyl adjacent to an activating group) is 1. The van der Waals surface area contributed by atoms with E-state index >= 15 is 0 Å². The van der Waals surface area contributed by atoms with Gasteiger partial charge in [0.05, 0.1) is 6.04 Å². The number of halogens is 2. The number of amides is 1. The van der Waals surface area contributed by atoms with Crippen molar-refractivity contribution in [3.8, 4) is 0 Å². The predicted octanol–water partition coefficient (Wildman–Crippen LogP) is 2.71. The van der Waals surface area contributed by atoms with E-state index in [-0.39, 0.29) is 18.0 Å². The van der Waals surface area contributed by atoms with Crippen LogP contribution in [0.2, 0.25) is 0 Å². The molecule has 24 heavy (non-hydrogen) atoms. The fourth-order valence-corrected chi connectivity index (χ4v) is 2.47. The van der Waals surface area contributed by atoms with Gasteiger partial charge in [-0.3, -0.25) is 9.78 Å². The molecule has 0 saturated carbocycles. The van der Waals surface area contributed by atoms with Gasteiger partial charge in [0.15, 0.2) is 0 Å². The van der Waals surface area contributed by atoms with Crippen LogP contribution in [0, 0.1) is 11.6 Å². The molecule has 0 bridgehead atoms. The summed E-state index contributed by atoms with van der Waals surface area (Å²) in [6.45, 7) is 0.136. The number of benzene rings is 1. The summed E-state index contributed by atoms with van der Waals surface area (Å²) >= 11 is 0. The van der Waals surface area contributed by atoms with Gasteiger partial charge in [0.2, 0.25) is 5.91 Å². The SMILES string of the molecule is CN(C)C(CNC(=O)CCc1cccnc1)c1c(F)cccc1F. The molecule has 1 aromatic heterocycles. The van der Waals surface area contributed by atoms with E-state index in [1.165, 1.54) is 18.2 Å². The van der Waals surface area contributed by atoms with Crippen LogP contribution >= 0.6 is 0 Å². The third kappa shape index (κ3) is 4.83. The van der Waals surface area contributed by atoms with E-state index in [0.717, 1.165) is 5.56 Å². The minimum atomic E-state index is -0.613. The summed E-state index contributed by atoms with van der Waals surface area (Å²) in [7, 11) is 3.44. The highest BCUT2D eigenvalue weighted by Gasteiger charge is 2.22. The van der Waals surface area contributed by atoms with Crippen LogP contribution in [-0.2, 0) is 11.2 Å². The van der Waals surface area contributed by atoms with Gasteiger partial charge in [-0.25, -0.2) is 8.78 Å². The number of aromatic nitrogens is 1. The molecule has 0 aliphatic heterocycles. The molecule has 1 amide bonds. The number of rotatable bonds is 7. The number of carbonyl (C=O) groups is 1. The van der Waals surface area contributed by atoms with E-state index in [4.69, 9.17) is 0 Å². The molecule has 0 saturated heterocycles. The largest absolute Gasteiger partial charge is 0.354 e. The van der Waals surface area contributed by atoms with Gasteiger partial charge in [0.1, 0.15) is 11.6 Å². The molecule has 2 aromatic rings. The molecule has 1 aromatic carbocycles. The fourth-order valence-electron chi connectivity index (χ4n) is 2.47. The number of aryl methyl sites for hydroxylation is 1. The number of nitrogens with one attached hydrogen (secondary N) is 1. The molecule has 1 unspecified atom stereocenters. The summed E-state index contributed by atoms with van der Waals surface area (Å²) in [5, 5.41) is 2.75. The molecule has 2 rings (SSSR count). The van der Waals surface area contributed by atoms with Crippen molar-refractivity contribution in [2.75, 3.05) is 20.6 Å². The van der Waals surface area contributed by atoms with Gasteiger partial charge in [-0.05, 0) is 44.3 Å². The maximum atomic E-state index is 14.0. The topological polar surface area (TPSA) is 45.2 Å². The van der Waals surface area contributed by atoms with Crippen LogP contribution in [0.4, 0.5) is 8.78 Å². The van der Waals surface area contributed by atoms with E-state index < -0.39 is 17.7 Å². The van der Waals surface area contributed by atoms with Crippen LogP contribution in [0.15, 0.2) is 42.7 Å². The predicted molar refractivity (Wildman–Crippen MR) is 88.4 cm³/mol. The van der Waals surface area contributed by atoms with Crippen molar-refractivity contribution in [1.29, 1.82) is 0 Å². The van der Waals surface area contributed by atoms with Gasteiger partial charge in [-0.1, -0.05) is 12.1 Å². The Labute approximate surface area is 140 Å². The number of hydrogen-bond donors (Lipinski definition) is 1. The van der Waals surface area contributed by atoms with Crippen molar-refractivity contribution in [1.82, 2.24) is 15.2 Å². The molecule has 1 heterocycles. The van der Waals surface area contributed by atoms with Crippen LogP contribution in [0.1, 0.15) is 23.6 Å². The zero-order chi connectivity index (χ0) is 17.5. The van der Waals surface area contributed by atoms with Crippen molar-refractivity contribution in [3.63, 3.8) is 0 Å². The third-order valence-electron chi connectivity index (χ3n) is 3.81. The molecule has 128 valence electrons. The number of pyridine rings is 1. The first-order valence-corrected chi connectivity index (χ1v) is 7.75. The highest BCUT2D eigenvalue weighted by atomic mass is 19.1. The number of nitrogens with zero attached hydrogens (tertiary/aromatic N) is 2. The maximum absolute atomic E-state index is 14.0. The van der Waals surface area contributed by atoms with Crippen LogP contribution < -0.4 is 5.32 Å². The monoisotopic (exact) mass is 333 g/mol. The van der Waals surface area contributed by atoms with Crippen molar-refractivity contribution in [2.24, 2.45) is 0 Å². The van der Waals surface area contributed by atoms with Crippen LogP contribution in [0.3, 0.4) is 0 Å². The smallest absolute Gasteiger partial charge is 0.220 e. The lowest BCUT2D eigenvalue weighted by atomic mass is 10.0. The molecule has 0 aliphatic rings. The van der Waals surface area contributed by atoms with Crippen molar-refractivity contribution >= 4 is 5.91 Å². The highest BCUT2D eigenvalue weighted by molar-refractivity contribution is 5.76. The third-order valence-corrected chi connectivity index (χ3v) is 3.81. The first-order chi connectivity index (χ1) is 11.5. The van der Waals surface area contributed by atoms with E-state index in [1.54, 1.807) is 31.4 Å². The lowest BCUT2D eigenvalue weighted by molar-refractivity contribution is -0.121. The molecular formula is C18H21F2N3O. The Hall–Kier alpha value is -2.34. The summed E-state index contributed by atoms with van der Waals surface area (Å²) < 4.78 is 27.9. The number of carbonyl (C=O) groups excluding carboxylic acids is 1. The van der Waals surface area contributed by atoms with E-state index in [9.17, 15) is 13.6 Å².